The van der Waals surface area contributed by atoms with Crippen LogP contribution in [0.25, 0.3) is 0 Å². The first kappa shape index (κ1) is 15.5. The van der Waals surface area contributed by atoms with Crippen LogP contribution in [0.5, 0.6) is 5.75 Å². The fraction of sp³-hybridized carbons (Fsp3) is 0.429. The summed E-state index contributed by atoms with van der Waals surface area (Å²) in [5.74, 6) is 6.51. The van der Waals surface area contributed by atoms with E-state index in [0.717, 1.165) is 5.56 Å². The monoisotopic (exact) mass is 282 g/mol. The minimum absolute atomic E-state index is 0.0293. The maximum absolute atomic E-state index is 11.3. The van der Waals surface area contributed by atoms with Gasteiger partial charge in [0.05, 0.1) is 12.4 Å². The Morgan fingerprint density at radius 3 is 2.53 bits per heavy atom. The molecule has 1 aromatic rings. The van der Waals surface area contributed by atoms with Crippen LogP contribution < -0.4 is 4.74 Å². The van der Waals surface area contributed by atoms with Crippen LogP contribution in [0.3, 0.4) is 0 Å². The number of aliphatic hydroxyl groups excluding tert-OH is 1. The summed E-state index contributed by atoms with van der Waals surface area (Å²) in [6.07, 6.45) is 0.452. The average Bonchev–Trinajstić information content (AvgIpc) is 2.41. The predicted molar refractivity (Wildman–Crippen MR) is 74.8 cm³/mol. The first-order valence-electron chi connectivity index (χ1n) is 6.10. The zero-order valence-electron chi connectivity index (χ0n) is 10.9. The molecule has 0 fully saturated rings. The Morgan fingerprint density at radius 2 is 1.95 bits per heavy atom. The van der Waals surface area contributed by atoms with Gasteiger partial charge in [-0.05, 0) is 24.3 Å². The molecule has 5 heteroatoms. The molecule has 0 aliphatic rings. The quantitative estimate of drug-likeness (QED) is 0.797. The van der Waals surface area contributed by atoms with Crippen molar-refractivity contribution < 1.29 is 18.3 Å². The van der Waals surface area contributed by atoms with E-state index >= 15 is 0 Å². The summed E-state index contributed by atoms with van der Waals surface area (Å²) in [7, 11) is -2.98. The molecule has 0 saturated carbocycles. The topological polar surface area (TPSA) is 63.6 Å². The van der Waals surface area contributed by atoms with Crippen LogP contribution in [0.15, 0.2) is 24.3 Å². The molecule has 104 valence electrons. The summed E-state index contributed by atoms with van der Waals surface area (Å²) in [5, 5.41) is 8.60. The summed E-state index contributed by atoms with van der Waals surface area (Å²) in [5.41, 5.74) is 0.835. The lowest BCUT2D eigenvalue weighted by atomic mass is 10.2. The molecule has 0 aliphatic heterocycles. The van der Waals surface area contributed by atoms with Crippen molar-refractivity contribution in [2.45, 2.75) is 13.3 Å². The highest BCUT2D eigenvalue weighted by atomic mass is 32.2. The third-order valence-corrected chi connectivity index (χ3v) is 4.10. The van der Waals surface area contributed by atoms with Crippen molar-refractivity contribution in [1.29, 1.82) is 0 Å². The van der Waals surface area contributed by atoms with Gasteiger partial charge < -0.3 is 9.84 Å². The van der Waals surface area contributed by atoms with E-state index in [4.69, 9.17) is 9.84 Å². The number of aliphatic hydroxyl groups is 1. The van der Waals surface area contributed by atoms with E-state index < -0.39 is 9.84 Å². The maximum atomic E-state index is 11.3. The fourth-order valence-electron chi connectivity index (χ4n) is 1.29. The molecule has 0 unspecified atom stereocenters. The van der Waals surface area contributed by atoms with Gasteiger partial charge in [-0.1, -0.05) is 18.8 Å². The smallest absolute Gasteiger partial charge is 0.153 e. The highest BCUT2D eigenvalue weighted by molar-refractivity contribution is 7.91. The van der Waals surface area contributed by atoms with E-state index in [0.29, 0.717) is 12.2 Å². The van der Waals surface area contributed by atoms with E-state index in [-0.39, 0.29) is 24.7 Å². The Hall–Kier alpha value is -1.51. The zero-order chi connectivity index (χ0) is 14.1. The second-order valence-electron chi connectivity index (χ2n) is 3.88. The minimum Gasteiger partial charge on any atom is -0.493 e. The van der Waals surface area contributed by atoms with Crippen LogP contribution in [-0.4, -0.2) is 38.2 Å². The highest BCUT2D eigenvalue weighted by Gasteiger charge is 2.07. The number of hydrogen-bond acceptors (Lipinski definition) is 4. The van der Waals surface area contributed by atoms with Crippen molar-refractivity contribution in [2.24, 2.45) is 0 Å². The maximum Gasteiger partial charge on any atom is 0.153 e. The predicted octanol–water partition coefficient (Wildman–Crippen LogP) is 1.23. The van der Waals surface area contributed by atoms with Crippen LogP contribution in [0.1, 0.15) is 18.9 Å². The lowest BCUT2D eigenvalue weighted by Crippen LogP contribution is -2.15. The lowest BCUT2D eigenvalue weighted by molar-refractivity contribution is 0.305. The van der Waals surface area contributed by atoms with E-state index in [1.165, 1.54) is 0 Å². The van der Waals surface area contributed by atoms with Crippen LogP contribution in [0, 0.1) is 11.8 Å². The number of ether oxygens (including phenoxy) is 1. The van der Waals surface area contributed by atoms with Gasteiger partial charge in [0, 0.05) is 17.7 Å². The third kappa shape index (κ3) is 6.27. The first-order chi connectivity index (χ1) is 9.07. The number of sulfone groups is 1. The summed E-state index contributed by atoms with van der Waals surface area (Å²) >= 11 is 0. The molecule has 1 rings (SSSR count). The molecule has 0 radical (unpaired) electrons. The molecule has 0 amide bonds. The van der Waals surface area contributed by atoms with Crippen LogP contribution in [-0.2, 0) is 9.84 Å². The molecule has 1 aromatic carbocycles. The molecular weight excluding hydrogens is 264 g/mol. The van der Waals surface area contributed by atoms with Gasteiger partial charge >= 0.3 is 0 Å². The van der Waals surface area contributed by atoms with Crippen molar-refractivity contribution in [3.05, 3.63) is 29.8 Å². The van der Waals surface area contributed by atoms with Gasteiger partial charge in [-0.15, -0.1) is 0 Å². The number of benzene rings is 1. The molecule has 0 aromatic heterocycles. The van der Waals surface area contributed by atoms with Crippen molar-refractivity contribution in [1.82, 2.24) is 0 Å². The average molecular weight is 282 g/mol. The molecule has 4 nitrogen and oxygen atoms in total. The first-order valence-corrected chi connectivity index (χ1v) is 7.92. The summed E-state index contributed by atoms with van der Waals surface area (Å²) in [6, 6.07) is 7.10. The van der Waals surface area contributed by atoms with E-state index in [9.17, 15) is 8.42 Å². The molecule has 0 heterocycles. The number of hydrogen-bond donors (Lipinski definition) is 1. The lowest BCUT2D eigenvalue weighted by Gasteiger charge is -2.05. The van der Waals surface area contributed by atoms with Gasteiger partial charge in [0.15, 0.2) is 9.84 Å². The molecule has 0 saturated heterocycles. The van der Waals surface area contributed by atoms with Crippen LogP contribution in [0.4, 0.5) is 0 Å². The summed E-state index contributed by atoms with van der Waals surface area (Å²) in [4.78, 5) is 0. The van der Waals surface area contributed by atoms with Gasteiger partial charge in [0.1, 0.15) is 12.4 Å². The molecule has 0 spiro atoms. The molecule has 0 aliphatic carbocycles. The van der Waals surface area contributed by atoms with Crippen LogP contribution >= 0.6 is 0 Å². The normalized spacial score (nSPS) is 10.6. The SMILES string of the molecule is CCS(=O)(=O)CCOc1ccc(C#CCCO)cc1. The van der Waals surface area contributed by atoms with Crippen molar-refractivity contribution in [2.75, 3.05) is 24.7 Å². The van der Waals surface area contributed by atoms with Gasteiger partial charge in [-0.3, -0.25) is 0 Å². The molecule has 1 N–H and O–H groups in total. The van der Waals surface area contributed by atoms with Gasteiger partial charge in [0.25, 0.3) is 0 Å². The largest absolute Gasteiger partial charge is 0.493 e. The van der Waals surface area contributed by atoms with E-state index in [2.05, 4.69) is 11.8 Å². The minimum atomic E-state index is -2.98. The van der Waals surface area contributed by atoms with Crippen LogP contribution in [0.2, 0.25) is 0 Å². The molecule has 0 bridgehead atoms. The highest BCUT2D eigenvalue weighted by Crippen LogP contribution is 2.11. The van der Waals surface area contributed by atoms with Gasteiger partial charge in [-0.25, -0.2) is 8.42 Å². The Labute approximate surface area is 114 Å². The third-order valence-electron chi connectivity index (χ3n) is 2.43. The molecule has 19 heavy (non-hydrogen) atoms. The summed E-state index contributed by atoms with van der Waals surface area (Å²) < 4.78 is 27.9. The van der Waals surface area contributed by atoms with E-state index in [1.54, 1.807) is 31.2 Å². The fourth-order valence-corrected chi connectivity index (χ4v) is 1.91. The second kappa shape index (κ2) is 7.82. The second-order valence-corrected chi connectivity index (χ2v) is 6.36. The van der Waals surface area contributed by atoms with E-state index in [1.807, 2.05) is 0 Å². The molecular formula is C14H18O4S. The molecule has 0 atom stereocenters. The van der Waals surface area contributed by atoms with Crippen molar-refractivity contribution in [3.63, 3.8) is 0 Å². The Bertz CT molecular complexity index is 535. The Balaban J connectivity index is 2.47. The van der Waals surface area contributed by atoms with Crippen molar-refractivity contribution in [3.8, 4) is 17.6 Å². The summed E-state index contributed by atoms with van der Waals surface area (Å²) in [6.45, 7) is 1.83. The van der Waals surface area contributed by atoms with Gasteiger partial charge in [0.2, 0.25) is 0 Å². The van der Waals surface area contributed by atoms with Gasteiger partial charge in [-0.2, -0.15) is 0 Å². The standard InChI is InChI=1S/C14H18O4S/c1-2-19(16,17)12-11-18-14-8-6-13(7-9-14)5-3-4-10-15/h6-9,15H,2,4,10-12H2,1H3. The number of rotatable bonds is 6. The Kier molecular flexibility index (Phi) is 6.40. The Morgan fingerprint density at radius 1 is 1.26 bits per heavy atom. The zero-order valence-corrected chi connectivity index (χ0v) is 11.7. The van der Waals surface area contributed by atoms with Crippen molar-refractivity contribution >= 4 is 9.84 Å².